The highest BCUT2D eigenvalue weighted by molar-refractivity contribution is 6.10. The average Bonchev–Trinajstić information content (AvgIpc) is 3.17. The minimum absolute atomic E-state index is 0.269. The summed E-state index contributed by atoms with van der Waals surface area (Å²) in [5.74, 6) is -1.18. The van der Waals surface area contributed by atoms with E-state index in [0.29, 0.717) is 47.7 Å². The summed E-state index contributed by atoms with van der Waals surface area (Å²) in [6, 6.07) is 11.1. The zero-order valence-corrected chi connectivity index (χ0v) is 20.9. The summed E-state index contributed by atoms with van der Waals surface area (Å²) in [6.07, 6.45) is 0.269. The molecule has 2 aromatic carbocycles. The first-order valence-electron chi connectivity index (χ1n) is 12.0. The van der Waals surface area contributed by atoms with Gasteiger partial charge in [-0.2, -0.15) is 0 Å². The number of amides is 1. The molecule has 0 saturated carbocycles. The van der Waals surface area contributed by atoms with Gasteiger partial charge in [0.05, 0.1) is 38.5 Å². The number of rotatable bonds is 9. The first-order chi connectivity index (χ1) is 17.4. The Morgan fingerprint density at radius 3 is 2.50 bits per heavy atom. The molecule has 1 atom stereocenters. The molecule has 0 aliphatic carbocycles. The van der Waals surface area contributed by atoms with Crippen LogP contribution in [0.2, 0.25) is 0 Å². The van der Waals surface area contributed by atoms with Crippen molar-refractivity contribution in [2.24, 2.45) is 0 Å². The van der Waals surface area contributed by atoms with Gasteiger partial charge in [0.25, 0.3) is 5.91 Å². The van der Waals surface area contributed by atoms with E-state index in [9.17, 15) is 14.0 Å². The van der Waals surface area contributed by atoms with Crippen molar-refractivity contribution in [1.82, 2.24) is 14.8 Å². The van der Waals surface area contributed by atoms with E-state index in [1.165, 1.54) is 26.4 Å². The number of methoxy groups -OCH3 is 2. The van der Waals surface area contributed by atoms with Crippen molar-refractivity contribution in [1.29, 1.82) is 0 Å². The second-order valence-electron chi connectivity index (χ2n) is 8.81. The van der Waals surface area contributed by atoms with Gasteiger partial charge in [0, 0.05) is 49.7 Å². The van der Waals surface area contributed by atoms with Crippen molar-refractivity contribution in [2.45, 2.75) is 25.9 Å². The van der Waals surface area contributed by atoms with Gasteiger partial charge in [0.15, 0.2) is 0 Å². The Morgan fingerprint density at radius 1 is 1.11 bits per heavy atom. The predicted octanol–water partition coefficient (Wildman–Crippen LogP) is 2.94. The number of benzene rings is 2. The molecule has 1 aromatic heterocycles. The molecule has 1 unspecified atom stereocenters. The van der Waals surface area contributed by atoms with Gasteiger partial charge >= 0.3 is 5.97 Å². The number of carbonyl (C=O) groups is 2. The quantitative estimate of drug-likeness (QED) is 0.458. The topological polar surface area (TPSA) is 82.0 Å². The van der Waals surface area contributed by atoms with Crippen molar-refractivity contribution in [3.8, 4) is 5.75 Å². The van der Waals surface area contributed by atoms with Gasteiger partial charge in [0.2, 0.25) is 0 Å². The van der Waals surface area contributed by atoms with Gasteiger partial charge in [-0.15, -0.1) is 0 Å². The van der Waals surface area contributed by atoms with E-state index in [2.05, 4.69) is 10.2 Å². The number of nitrogens with zero attached hydrogens (tertiary/aromatic N) is 2. The van der Waals surface area contributed by atoms with Crippen LogP contribution in [0.25, 0.3) is 10.9 Å². The molecule has 192 valence electrons. The van der Waals surface area contributed by atoms with Crippen LogP contribution in [0.15, 0.2) is 42.5 Å². The van der Waals surface area contributed by atoms with E-state index >= 15 is 0 Å². The van der Waals surface area contributed by atoms with Crippen molar-refractivity contribution in [3.63, 3.8) is 0 Å². The lowest BCUT2D eigenvalue weighted by atomic mass is 10.0. The molecule has 1 fully saturated rings. The third-order valence-corrected chi connectivity index (χ3v) is 6.61. The zero-order valence-electron chi connectivity index (χ0n) is 20.9. The lowest BCUT2D eigenvalue weighted by molar-refractivity contribution is -0.142. The van der Waals surface area contributed by atoms with Crippen LogP contribution < -0.4 is 10.1 Å². The fourth-order valence-electron chi connectivity index (χ4n) is 4.74. The van der Waals surface area contributed by atoms with Gasteiger partial charge in [-0.05, 0) is 18.6 Å². The van der Waals surface area contributed by atoms with Crippen molar-refractivity contribution < 1.29 is 28.2 Å². The second kappa shape index (κ2) is 11.5. The highest BCUT2D eigenvalue weighted by atomic mass is 19.1. The van der Waals surface area contributed by atoms with Crippen LogP contribution in [0.3, 0.4) is 0 Å². The van der Waals surface area contributed by atoms with Crippen molar-refractivity contribution in [2.75, 3.05) is 47.1 Å². The molecule has 4 rings (SSSR count). The molecule has 0 radical (unpaired) electrons. The maximum absolute atomic E-state index is 14.6. The molecule has 1 aliphatic rings. The van der Waals surface area contributed by atoms with Gasteiger partial charge in [-0.1, -0.05) is 30.3 Å². The Balaban J connectivity index is 1.69. The standard InChI is InChI=1S/C27H32FN3O5/c1-18-24(26(32)29-22(27(33)35-3)15-19-7-5-4-6-8-19)21-16-20(28)17-23(34-2)25(21)31(18)10-9-30-11-13-36-14-12-30/h4-8,16-17,22H,9-15H2,1-3H3,(H,29,32). The van der Waals surface area contributed by atoms with Gasteiger partial charge in [-0.3, -0.25) is 9.69 Å². The maximum atomic E-state index is 14.6. The lowest BCUT2D eigenvalue weighted by Gasteiger charge is -2.27. The van der Waals surface area contributed by atoms with Crippen LogP contribution in [0, 0.1) is 12.7 Å². The molecule has 3 aromatic rings. The number of nitrogens with one attached hydrogen (secondary N) is 1. The number of ether oxygens (including phenoxy) is 3. The highest BCUT2D eigenvalue weighted by Crippen LogP contribution is 2.34. The highest BCUT2D eigenvalue weighted by Gasteiger charge is 2.28. The molecule has 0 bridgehead atoms. The third-order valence-electron chi connectivity index (χ3n) is 6.61. The summed E-state index contributed by atoms with van der Waals surface area (Å²) in [5, 5.41) is 3.26. The van der Waals surface area contributed by atoms with E-state index in [1.807, 2.05) is 41.8 Å². The predicted molar refractivity (Wildman–Crippen MR) is 134 cm³/mol. The summed E-state index contributed by atoms with van der Waals surface area (Å²) < 4.78 is 32.4. The number of aromatic nitrogens is 1. The monoisotopic (exact) mass is 497 g/mol. The fraction of sp³-hybridized carbons (Fsp3) is 0.407. The molecule has 1 aliphatic heterocycles. The smallest absolute Gasteiger partial charge is 0.328 e. The number of hydrogen-bond donors (Lipinski definition) is 1. The van der Waals surface area contributed by atoms with Gasteiger partial charge < -0.3 is 24.1 Å². The van der Waals surface area contributed by atoms with Crippen molar-refractivity contribution in [3.05, 3.63) is 65.1 Å². The van der Waals surface area contributed by atoms with E-state index in [0.717, 1.165) is 25.2 Å². The molecule has 8 nitrogen and oxygen atoms in total. The van der Waals surface area contributed by atoms with E-state index < -0.39 is 23.7 Å². The largest absolute Gasteiger partial charge is 0.494 e. The first kappa shape index (κ1) is 25.7. The number of fused-ring (bicyclic) bond motifs is 1. The molecule has 36 heavy (non-hydrogen) atoms. The third kappa shape index (κ3) is 5.52. The summed E-state index contributed by atoms with van der Waals surface area (Å²) >= 11 is 0. The molecule has 1 saturated heterocycles. The number of hydrogen-bond acceptors (Lipinski definition) is 6. The van der Waals surface area contributed by atoms with E-state index in [-0.39, 0.29) is 6.42 Å². The average molecular weight is 498 g/mol. The molecular formula is C27H32FN3O5. The van der Waals surface area contributed by atoms with E-state index in [4.69, 9.17) is 14.2 Å². The SMILES string of the molecule is COC(=O)C(Cc1ccccc1)NC(=O)c1c(C)n(CCN2CCOCC2)c2c(OC)cc(F)cc12. The van der Waals surface area contributed by atoms with Crippen LogP contribution in [0.5, 0.6) is 5.75 Å². The summed E-state index contributed by atoms with van der Waals surface area (Å²) in [4.78, 5) is 28.4. The molecular weight excluding hydrogens is 465 g/mol. The fourth-order valence-corrected chi connectivity index (χ4v) is 4.74. The molecule has 1 amide bonds. The van der Waals surface area contributed by atoms with Crippen LogP contribution in [0.4, 0.5) is 4.39 Å². The normalized spacial score (nSPS) is 15.0. The van der Waals surface area contributed by atoms with Gasteiger partial charge in [-0.25, -0.2) is 9.18 Å². The number of morpholine rings is 1. The molecule has 9 heteroatoms. The second-order valence-corrected chi connectivity index (χ2v) is 8.81. The van der Waals surface area contributed by atoms with E-state index in [1.54, 1.807) is 0 Å². The minimum Gasteiger partial charge on any atom is -0.494 e. The Kier molecular flexibility index (Phi) is 8.22. The number of carbonyl (C=O) groups excluding carboxylic acids is 2. The Labute approximate surface area is 209 Å². The summed E-state index contributed by atoms with van der Waals surface area (Å²) in [6.45, 7) is 6.19. The zero-order chi connectivity index (χ0) is 25.7. The molecule has 1 N–H and O–H groups in total. The minimum atomic E-state index is -0.897. The van der Waals surface area contributed by atoms with Crippen LogP contribution in [-0.2, 0) is 27.2 Å². The van der Waals surface area contributed by atoms with Crippen LogP contribution in [-0.4, -0.2) is 74.5 Å². The lowest BCUT2D eigenvalue weighted by Crippen LogP contribution is -2.43. The summed E-state index contributed by atoms with van der Waals surface area (Å²) in [7, 11) is 2.77. The summed E-state index contributed by atoms with van der Waals surface area (Å²) in [5.41, 5.74) is 2.51. The molecule has 0 spiro atoms. The molecule has 2 heterocycles. The Bertz CT molecular complexity index is 1220. The van der Waals surface area contributed by atoms with Crippen LogP contribution >= 0.6 is 0 Å². The Morgan fingerprint density at radius 2 is 1.83 bits per heavy atom. The number of halogens is 1. The Hall–Kier alpha value is -3.43. The van der Waals surface area contributed by atoms with Crippen molar-refractivity contribution >= 4 is 22.8 Å². The maximum Gasteiger partial charge on any atom is 0.328 e. The number of esters is 1. The first-order valence-corrected chi connectivity index (χ1v) is 12.0. The van der Waals surface area contributed by atoms with Gasteiger partial charge in [0.1, 0.15) is 17.6 Å². The van der Waals surface area contributed by atoms with Crippen LogP contribution in [0.1, 0.15) is 21.6 Å².